The maximum Gasteiger partial charge on any atom is 0.246 e. The van der Waals surface area contributed by atoms with Gasteiger partial charge in [-0.25, -0.2) is 12.8 Å². The second kappa shape index (κ2) is 5.23. The first kappa shape index (κ1) is 14.8. The summed E-state index contributed by atoms with van der Waals surface area (Å²) < 4.78 is 41.4. The molecule has 110 valence electrons. The summed E-state index contributed by atoms with van der Waals surface area (Å²) >= 11 is 9.30. The predicted molar refractivity (Wildman–Crippen MR) is 78.8 cm³/mol. The molecule has 0 aliphatic carbocycles. The molecular formula is C13H14BrClFNO2S. The molecule has 7 heteroatoms. The van der Waals surface area contributed by atoms with Gasteiger partial charge < -0.3 is 0 Å². The lowest BCUT2D eigenvalue weighted by molar-refractivity contribution is 0.250. The topological polar surface area (TPSA) is 37.4 Å². The number of sulfonamides is 1. The summed E-state index contributed by atoms with van der Waals surface area (Å²) in [7, 11) is -3.79. The maximum atomic E-state index is 14.0. The van der Waals surface area contributed by atoms with Crippen LogP contribution in [0, 0.1) is 5.82 Å². The van der Waals surface area contributed by atoms with E-state index in [1.54, 1.807) is 6.07 Å². The van der Waals surface area contributed by atoms with Gasteiger partial charge in [0.1, 0.15) is 10.7 Å². The smallest absolute Gasteiger partial charge is 0.207 e. The highest BCUT2D eigenvalue weighted by Crippen LogP contribution is 2.41. The van der Waals surface area contributed by atoms with Crippen LogP contribution in [0.5, 0.6) is 0 Å². The van der Waals surface area contributed by atoms with E-state index in [-0.39, 0.29) is 22.4 Å². The van der Waals surface area contributed by atoms with Crippen LogP contribution < -0.4 is 0 Å². The van der Waals surface area contributed by atoms with E-state index in [9.17, 15) is 12.8 Å². The first-order chi connectivity index (χ1) is 9.39. The Morgan fingerprint density at radius 1 is 1.25 bits per heavy atom. The average Bonchev–Trinajstić information content (AvgIpc) is 2.62. The van der Waals surface area contributed by atoms with E-state index in [0.29, 0.717) is 17.3 Å². The number of halogens is 3. The van der Waals surface area contributed by atoms with Crippen LogP contribution in [0.15, 0.2) is 27.6 Å². The molecular weight excluding hydrogens is 369 g/mol. The summed E-state index contributed by atoms with van der Waals surface area (Å²) in [6, 6.07) is 3.87. The van der Waals surface area contributed by atoms with E-state index < -0.39 is 15.8 Å². The Balaban J connectivity index is 2.01. The lowest BCUT2D eigenvalue weighted by atomic mass is 10.1. The molecule has 1 aromatic carbocycles. The van der Waals surface area contributed by atoms with Crippen molar-refractivity contribution in [3.63, 3.8) is 0 Å². The summed E-state index contributed by atoms with van der Waals surface area (Å²) in [5, 5.41) is 0.0220. The molecule has 0 spiro atoms. The Morgan fingerprint density at radius 2 is 1.85 bits per heavy atom. The number of fused-ring (bicyclic) bond motifs is 2. The van der Waals surface area contributed by atoms with E-state index >= 15 is 0 Å². The summed E-state index contributed by atoms with van der Waals surface area (Å²) in [5.41, 5.74) is 0. The summed E-state index contributed by atoms with van der Waals surface area (Å²) in [4.78, 5) is -0.245. The van der Waals surface area contributed by atoms with Gasteiger partial charge in [0, 0.05) is 21.9 Å². The molecule has 2 heterocycles. The first-order valence-corrected chi connectivity index (χ1v) is 9.19. The van der Waals surface area contributed by atoms with Gasteiger partial charge in [-0.15, -0.1) is 11.6 Å². The molecule has 2 aliphatic rings. The van der Waals surface area contributed by atoms with Gasteiger partial charge in [0.15, 0.2) is 0 Å². The van der Waals surface area contributed by atoms with Crippen molar-refractivity contribution in [2.45, 2.75) is 48.0 Å². The van der Waals surface area contributed by atoms with Crippen LogP contribution in [-0.4, -0.2) is 30.2 Å². The van der Waals surface area contributed by atoms with Crippen molar-refractivity contribution in [3.8, 4) is 0 Å². The SMILES string of the molecule is O=S(=O)(c1ccc(Br)cc1F)N1C2CCC1CC(Cl)C2. The van der Waals surface area contributed by atoms with E-state index in [2.05, 4.69) is 15.9 Å². The molecule has 3 nitrogen and oxygen atoms in total. The fourth-order valence-corrected chi connectivity index (χ4v) is 5.94. The Hall–Kier alpha value is -0.170. The molecule has 0 radical (unpaired) electrons. The van der Waals surface area contributed by atoms with Crippen molar-refractivity contribution in [2.24, 2.45) is 0 Å². The normalized spacial score (nSPS) is 30.6. The van der Waals surface area contributed by atoms with Crippen LogP contribution >= 0.6 is 27.5 Å². The molecule has 2 saturated heterocycles. The second-order valence-corrected chi connectivity index (χ2v) is 8.71. The van der Waals surface area contributed by atoms with Crippen LogP contribution in [-0.2, 0) is 10.0 Å². The van der Waals surface area contributed by atoms with Gasteiger partial charge in [0.2, 0.25) is 10.0 Å². The van der Waals surface area contributed by atoms with E-state index in [1.165, 1.54) is 16.4 Å². The van der Waals surface area contributed by atoms with Gasteiger partial charge in [-0.3, -0.25) is 0 Å². The van der Waals surface area contributed by atoms with Crippen LogP contribution in [0.4, 0.5) is 4.39 Å². The standard InChI is InChI=1S/C13H14BrClFNO2S/c14-8-1-4-13(12(16)5-8)20(18,19)17-10-2-3-11(17)7-9(15)6-10/h1,4-5,9-11H,2-3,6-7H2. The summed E-state index contributed by atoms with van der Waals surface area (Å²) in [6.45, 7) is 0. The summed E-state index contributed by atoms with van der Waals surface area (Å²) in [5.74, 6) is -0.716. The third-order valence-corrected chi connectivity index (χ3v) is 6.95. The van der Waals surface area contributed by atoms with Crippen molar-refractivity contribution in [1.82, 2.24) is 4.31 Å². The quantitative estimate of drug-likeness (QED) is 0.734. The van der Waals surface area contributed by atoms with Crippen LogP contribution in [0.2, 0.25) is 0 Å². The largest absolute Gasteiger partial charge is 0.246 e. The van der Waals surface area contributed by atoms with Crippen molar-refractivity contribution in [1.29, 1.82) is 0 Å². The van der Waals surface area contributed by atoms with E-state index in [0.717, 1.165) is 12.8 Å². The molecule has 2 bridgehead atoms. The van der Waals surface area contributed by atoms with Crippen molar-refractivity contribution in [3.05, 3.63) is 28.5 Å². The molecule has 2 unspecified atom stereocenters. The maximum absolute atomic E-state index is 14.0. The fraction of sp³-hybridized carbons (Fsp3) is 0.538. The Morgan fingerprint density at radius 3 is 2.40 bits per heavy atom. The minimum atomic E-state index is -3.79. The number of nitrogens with zero attached hydrogens (tertiary/aromatic N) is 1. The van der Waals surface area contributed by atoms with Gasteiger partial charge >= 0.3 is 0 Å². The molecule has 20 heavy (non-hydrogen) atoms. The molecule has 0 amide bonds. The van der Waals surface area contributed by atoms with Crippen LogP contribution in [0.25, 0.3) is 0 Å². The molecule has 2 fully saturated rings. The van der Waals surface area contributed by atoms with Gasteiger partial charge in [0.25, 0.3) is 0 Å². The van der Waals surface area contributed by atoms with Gasteiger partial charge in [0.05, 0.1) is 0 Å². The third kappa shape index (κ3) is 2.40. The monoisotopic (exact) mass is 381 g/mol. The lowest BCUT2D eigenvalue weighted by Crippen LogP contribution is -2.47. The van der Waals surface area contributed by atoms with E-state index in [4.69, 9.17) is 11.6 Å². The molecule has 2 aliphatic heterocycles. The van der Waals surface area contributed by atoms with Gasteiger partial charge in [-0.2, -0.15) is 4.31 Å². The number of benzene rings is 1. The van der Waals surface area contributed by atoms with Gasteiger partial charge in [-0.1, -0.05) is 15.9 Å². The molecule has 0 saturated carbocycles. The minimum Gasteiger partial charge on any atom is -0.207 e. The van der Waals surface area contributed by atoms with Crippen molar-refractivity contribution in [2.75, 3.05) is 0 Å². The zero-order valence-corrected chi connectivity index (χ0v) is 13.8. The zero-order chi connectivity index (χ0) is 14.5. The molecule has 0 aromatic heterocycles. The zero-order valence-electron chi connectivity index (χ0n) is 10.6. The highest BCUT2D eigenvalue weighted by Gasteiger charge is 2.47. The average molecular weight is 383 g/mol. The predicted octanol–water partition coefficient (Wildman–Crippen LogP) is 3.51. The second-order valence-electron chi connectivity index (χ2n) is 5.36. The number of alkyl halides is 1. The Labute approximate surface area is 131 Å². The molecule has 2 atom stereocenters. The fourth-order valence-electron chi connectivity index (χ4n) is 3.26. The van der Waals surface area contributed by atoms with Crippen LogP contribution in [0.1, 0.15) is 25.7 Å². The number of hydrogen-bond acceptors (Lipinski definition) is 2. The molecule has 0 N–H and O–H groups in total. The highest BCUT2D eigenvalue weighted by molar-refractivity contribution is 9.10. The number of rotatable bonds is 2. The number of piperidine rings is 1. The molecule has 1 aromatic rings. The summed E-state index contributed by atoms with van der Waals surface area (Å²) in [6.07, 6.45) is 2.92. The Kier molecular flexibility index (Phi) is 3.86. The van der Waals surface area contributed by atoms with Crippen LogP contribution in [0.3, 0.4) is 0 Å². The van der Waals surface area contributed by atoms with Crippen molar-refractivity contribution < 1.29 is 12.8 Å². The lowest BCUT2D eigenvalue weighted by Gasteiger charge is -2.35. The van der Waals surface area contributed by atoms with E-state index in [1.807, 2.05) is 0 Å². The highest BCUT2D eigenvalue weighted by atomic mass is 79.9. The Bertz CT molecular complexity index is 625. The van der Waals surface area contributed by atoms with Gasteiger partial charge in [-0.05, 0) is 43.9 Å². The first-order valence-electron chi connectivity index (χ1n) is 6.52. The number of hydrogen-bond donors (Lipinski definition) is 0. The minimum absolute atomic E-state index is 0.0220. The third-order valence-electron chi connectivity index (χ3n) is 4.06. The molecule has 3 rings (SSSR count). The van der Waals surface area contributed by atoms with Crippen molar-refractivity contribution >= 4 is 37.6 Å².